The monoisotopic (exact) mass is 443 g/mol. The first-order valence-electron chi connectivity index (χ1n) is 11.7. The number of carbonyl (C=O) groups is 1. The van der Waals surface area contributed by atoms with Gasteiger partial charge in [0.15, 0.2) is 0 Å². The fraction of sp³-hybridized carbons (Fsp3) is 0.357. The molecular weight excluding hydrogens is 410 g/mol. The molecule has 0 spiro atoms. The summed E-state index contributed by atoms with van der Waals surface area (Å²) < 4.78 is 5.34. The number of benzene rings is 2. The Balaban J connectivity index is 1.27. The number of piperazine rings is 1. The number of carbonyl (C=O) groups excluding carboxylic acids is 1. The van der Waals surface area contributed by atoms with Crippen molar-refractivity contribution in [2.24, 2.45) is 0 Å². The third kappa shape index (κ3) is 6.65. The van der Waals surface area contributed by atoms with Crippen LogP contribution in [0.4, 0.5) is 5.82 Å². The van der Waals surface area contributed by atoms with Crippen LogP contribution in [0.2, 0.25) is 0 Å². The van der Waals surface area contributed by atoms with Gasteiger partial charge in [0, 0.05) is 44.2 Å². The fourth-order valence-electron chi connectivity index (χ4n) is 4.07. The van der Waals surface area contributed by atoms with Crippen LogP contribution in [-0.4, -0.2) is 54.2 Å². The van der Waals surface area contributed by atoms with E-state index in [-0.39, 0.29) is 5.97 Å². The first kappa shape index (κ1) is 23.0. The number of anilines is 1. The normalized spacial score (nSPS) is 15.3. The predicted octanol–water partition coefficient (Wildman–Crippen LogP) is 4.95. The second-order valence-corrected chi connectivity index (χ2v) is 9.55. The minimum atomic E-state index is -0.475. The van der Waals surface area contributed by atoms with Crippen LogP contribution in [0.1, 0.15) is 31.9 Å². The summed E-state index contributed by atoms with van der Waals surface area (Å²) in [6, 6.07) is 20.9. The lowest BCUT2D eigenvalue weighted by molar-refractivity contribution is -0.148. The van der Waals surface area contributed by atoms with E-state index >= 15 is 0 Å². The van der Waals surface area contributed by atoms with Gasteiger partial charge in [-0.25, -0.2) is 9.78 Å². The fourth-order valence-corrected chi connectivity index (χ4v) is 4.07. The van der Waals surface area contributed by atoms with Crippen molar-refractivity contribution in [1.29, 1.82) is 0 Å². The van der Waals surface area contributed by atoms with Crippen LogP contribution in [0.25, 0.3) is 17.0 Å². The largest absolute Gasteiger partial charge is 0.457 e. The summed E-state index contributed by atoms with van der Waals surface area (Å²) in [4.78, 5) is 21.7. The quantitative estimate of drug-likeness (QED) is 0.398. The van der Waals surface area contributed by atoms with Crippen molar-refractivity contribution < 1.29 is 9.53 Å². The van der Waals surface area contributed by atoms with Crippen molar-refractivity contribution in [2.75, 3.05) is 37.6 Å². The van der Waals surface area contributed by atoms with Gasteiger partial charge < -0.3 is 9.64 Å². The highest BCUT2D eigenvalue weighted by molar-refractivity contribution is 5.87. The van der Waals surface area contributed by atoms with Crippen LogP contribution in [0, 0.1) is 0 Å². The molecule has 33 heavy (non-hydrogen) atoms. The zero-order chi connectivity index (χ0) is 23.3. The number of esters is 1. The third-order valence-corrected chi connectivity index (χ3v) is 5.77. The Morgan fingerprint density at radius 3 is 2.58 bits per heavy atom. The molecule has 4 rings (SSSR count). The Kier molecular flexibility index (Phi) is 7.09. The summed E-state index contributed by atoms with van der Waals surface area (Å²) in [5.74, 6) is 0.754. The van der Waals surface area contributed by atoms with E-state index in [1.807, 2.05) is 45.0 Å². The van der Waals surface area contributed by atoms with Gasteiger partial charge >= 0.3 is 5.97 Å². The van der Waals surface area contributed by atoms with Gasteiger partial charge in [0.1, 0.15) is 11.4 Å². The highest BCUT2D eigenvalue weighted by atomic mass is 16.6. The van der Waals surface area contributed by atoms with E-state index in [1.54, 1.807) is 0 Å². The average Bonchev–Trinajstić information content (AvgIpc) is 2.81. The molecule has 1 fully saturated rings. The van der Waals surface area contributed by atoms with E-state index in [0.29, 0.717) is 0 Å². The minimum absolute atomic E-state index is 0.313. The molecular formula is C28H33N3O2. The van der Waals surface area contributed by atoms with E-state index in [2.05, 4.69) is 52.3 Å². The molecule has 0 N–H and O–H groups in total. The number of hydrogen-bond acceptors (Lipinski definition) is 5. The van der Waals surface area contributed by atoms with Crippen LogP contribution >= 0.6 is 0 Å². The lowest BCUT2D eigenvalue weighted by Gasteiger charge is -2.35. The Hall–Kier alpha value is -3.18. The molecule has 0 amide bonds. The number of pyridine rings is 1. The second-order valence-electron chi connectivity index (χ2n) is 9.55. The van der Waals surface area contributed by atoms with Gasteiger partial charge in [0.25, 0.3) is 0 Å². The molecule has 1 aliphatic heterocycles. The molecule has 2 aromatic carbocycles. The van der Waals surface area contributed by atoms with E-state index in [0.717, 1.165) is 56.0 Å². The third-order valence-electron chi connectivity index (χ3n) is 5.77. The summed E-state index contributed by atoms with van der Waals surface area (Å²) in [5, 5.41) is 1.18. The van der Waals surface area contributed by atoms with Crippen molar-refractivity contribution in [3.63, 3.8) is 0 Å². The summed E-state index contributed by atoms with van der Waals surface area (Å²) in [6.45, 7) is 10.7. The smallest absolute Gasteiger partial charge is 0.331 e. The van der Waals surface area contributed by atoms with Crippen molar-refractivity contribution in [3.8, 4) is 0 Å². The van der Waals surface area contributed by atoms with E-state index in [9.17, 15) is 4.79 Å². The lowest BCUT2D eigenvalue weighted by atomic mass is 10.1. The molecule has 0 bridgehead atoms. The molecule has 0 unspecified atom stereocenters. The molecule has 5 heteroatoms. The number of fused-ring (bicyclic) bond motifs is 1. The minimum Gasteiger partial charge on any atom is -0.457 e. The lowest BCUT2D eigenvalue weighted by Crippen LogP contribution is -2.47. The number of nitrogens with zero attached hydrogens (tertiary/aromatic N) is 3. The summed E-state index contributed by atoms with van der Waals surface area (Å²) in [7, 11) is 0. The van der Waals surface area contributed by atoms with Gasteiger partial charge in [-0.05, 0) is 62.6 Å². The zero-order valence-corrected chi connectivity index (χ0v) is 19.8. The average molecular weight is 444 g/mol. The maximum absolute atomic E-state index is 11.9. The first-order chi connectivity index (χ1) is 15.9. The highest BCUT2D eigenvalue weighted by Gasteiger charge is 2.18. The maximum atomic E-state index is 11.9. The Labute approximate surface area is 196 Å². The maximum Gasteiger partial charge on any atom is 0.331 e. The number of aromatic nitrogens is 1. The van der Waals surface area contributed by atoms with Gasteiger partial charge in [0.2, 0.25) is 0 Å². The summed E-state index contributed by atoms with van der Waals surface area (Å²) in [5.41, 5.74) is 2.88. The molecule has 1 saturated heterocycles. The number of rotatable bonds is 6. The van der Waals surface area contributed by atoms with Crippen LogP contribution in [-0.2, 0) is 16.0 Å². The number of para-hydroxylation sites is 1. The van der Waals surface area contributed by atoms with Crippen LogP contribution < -0.4 is 4.90 Å². The summed E-state index contributed by atoms with van der Waals surface area (Å²) >= 11 is 0. The van der Waals surface area contributed by atoms with Gasteiger partial charge in [-0.3, -0.25) is 4.90 Å². The molecule has 172 valence electrons. The van der Waals surface area contributed by atoms with Crippen molar-refractivity contribution in [1.82, 2.24) is 9.88 Å². The van der Waals surface area contributed by atoms with Gasteiger partial charge in [-0.1, -0.05) is 42.5 Å². The molecule has 1 aliphatic rings. The van der Waals surface area contributed by atoms with Crippen molar-refractivity contribution in [2.45, 2.75) is 32.8 Å². The van der Waals surface area contributed by atoms with Crippen LogP contribution in [0.15, 0.2) is 66.7 Å². The van der Waals surface area contributed by atoms with Crippen LogP contribution in [0.3, 0.4) is 0 Å². The summed E-state index contributed by atoms with van der Waals surface area (Å²) in [6.07, 6.45) is 4.32. The Morgan fingerprint density at radius 2 is 1.79 bits per heavy atom. The molecule has 2 heterocycles. The predicted molar refractivity (Wildman–Crippen MR) is 135 cm³/mol. The molecule has 0 atom stereocenters. The Morgan fingerprint density at radius 1 is 1.00 bits per heavy atom. The number of ether oxygens (including phenoxy) is 1. The molecule has 3 aromatic rings. The molecule has 0 aliphatic carbocycles. The SMILES string of the molecule is CC(C)(C)OC(=O)C=Cc1cccc(CCN2CCN(c3ccc4ccccc4n3)CC2)c1. The van der Waals surface area contributed by atoms with E-state index in [4.69, 9.17) is 9.72 Å². The van der Waals surface area contributed by atoms with E-state index < -0.39 is 5.60 Å². The molecule has 0 saturated carbocycles. The second kappa shape index (κ2) is 10.2. The molecule has 5 nitrogen and oxygen atoms in total. The van der Waals surface area contributed by atoms with Gasteiger partial charge in [-0.2, -0.15) is 0 Å². The van der Waals surface area contributed by atoms with Crippen molar-refractivity contribution in [3.05, 3.63) is 77.9 Å². The van der Waals surface area contributed by atoms with Gasteiger partial charge in [-0.15, -0.1) is 0 Å². The standard InChI is InChI=1S/C28H33N3O2/c1-28(2,3)33-27(32)14-11-22-7-6-8-23(21-22)15-16-30-17-19-31(20-18-30)26-13-12-24-9-4-5-10-25(24)29-26/h4-14,21H,15-20H2,1-3H3. The van der Waals surface area contributed by atoms with Gasteiger partial charge in [0.05, 0.1) is 5.52 Å². The highest BCUT2D eigenvalue weighted by Crippen LogP contribution is 2.19. The zero-order valence-electron chi connectivity index (χ0n) is 19.8. The molecule has 0 radical (unpaired) electrons. The number of hydrogen-bond donors (Lipinski definition) is 0. The topological polar surface area (TPSA) is 45.7 Å². The van der Waals surface area contributed by atoms with E-state index in [1.165, 1.54) is 17.0 Å². The Bertz CT molecular complexity index is 1130. The van der Waals surface area contributed by atoms with Crippen LogP contribution in [0.5, 0.6) is 0 Å². The first-order valence-corrected chi connectivity index (χ1v) is 11.7. The van der Waals surface area contributed by atoms with Crippen molar-refractivity contribution >= 4 is 28.8 Å². The molecule has 1 aromatic heterocycles.